The molecule has 1 aromatic rings. The molecule has 0 bridgehead atoms. The van der Waals surface area contributed by atoms with E-state index >= 15 is 0 Å². The first-order valence-corrected chi connectivity index (χ1v) is 9.35. The summed E-state index contributed by atoms with van der Waals surface area (Å²) in [7, 11) is -3.10. The number of anilines is 1. The number of nitrogens with one attached hydrogen (secondary N) is 1. The van der Waals surface area contributed by atoms with E-state index in [4.69, 9.17) is 4.74 Å². The Morgan fingerprint density at radius 1 is 1.41 bits per heavy atom. The van der Waals surface area contributed by atoms with E-state index in [9.17, 15) is 8.42 Å². The summed E-state index contributed by atoms with van der Waals surface area (Å²) in [5.74, 6) is 1.01. The molecule has 1 aromatic heterocycles. The Balaban J connectivity index is 1.51. The van der Waals surface area contributed by atoms with Crippen LogP contribution in [0.4, 0.5) is 5.95 Å². The smallest absolute Gasteiger partial charge is 0.222 e. The van der Waals surface area contributed by atoms with Crippen molar-refractivity contribution in [3.8, 4) is 0 Å². The van der Waals surface area contributed by atoms with Crippen LogP contribution >= 0.6 is 0 Å². The molecule has 0 unspecified atom stereocenters. The van der Waals surface area contributed by atoms with E-state index in [1.807, 2.05) is 6.92 Å². The molecule has 1 atom stereocenters. The lowest BCUT2D eigenvalue weighted by Gasteiger charge is -2.48. The minimum absolute atomic E-state index is 0.279. The molecule has 2 aliphatic rings. The average Bonchev–Trinajstić information content (AvgIpc) is 2.82. The van der Waals surface area contributed by atoms with Crippen LogP contribution < -0.4 is 5.32 Å². The Bertz CT molecular complexity index is 626. The Hall–Kier alpha value is -1.25. The van der Waals surface area contributed by atoms with E-state index in [1.165, 1.54) is 10.6 Å². The number of rotatable bonds is 5. The third kappa shape index (κ3) is 3.09. The molecule has 7 nitrogen and oxygen atoms in total. The van der Waals surface area contributed by atoms with Crippen LogP contribution in [0.25, 0.3) is 0 Å². The molecule has 3 heterocycles. The third-order valence-electron chi connectivity index (χ3n) is 4.51. The summed E-state index contributed by atoms with van der Waals surface area (Å²) >= 11 is 0. The highest BCUT2D eigenvalue weighted by Crippen LogP contribution is 2.42. The monoisotopic (exact) mass is 326 g/mol. The fourth-order valence-corrected chi connectivity index (χ4v) is 4.08. The number of aromatic nitrogens is 2. The predicted octanol–water partition coefficient (Wildman–Crippen LogP) is 0.638. The van der Waals surface area contributed by atoms with E-state index in [-0.39, 0.29) is 5.60 Å². The van der Waals surface area contributed by atoms with Crippen LogP contribution in [0.5, 0.6) is 0 Å². The lowest BCUT2D eigenvalue weighted by molar-refractivity contribution is -0.101. The number of sulfonamides is 1. The summed E-state index contributed by atoms with van der Waals surface area (Å²) in [5.41, 5.74) is 0.753. The number of nitrogens with zero attached hydrogens (tertiary/aromatic N) is 3. The van der Waals surface area contributed by atoms with Crippen molar-refractivity contribution in [1.82, 2.24) is 14.3 Å². The van der Waals surface area contributed by atoms with Crippen LogP contribution in [0.2, 0.25) is 0 Å². The first-order chi connectivity index (χ1) is 10.4. The van der Waals surface area contributed by atoms with Crippen LogP contribution in [0.3, 0.4) is 0 Å². The molecular formula is C14H22N4O3S. The maximum absolute atomic E-state index is 11.5. The predicted molar refractivity (Wildman–Crippen MR) is 83.1 cm³/mol. The lowest BCUT2D eigenvalue weighted by Crippen LogP contribution is -2.65. The quantitative estimate of drug-likeness (QED) is 0.855. The van der Waals surface area contributed by atoms with E-state index in [1.54, 1.807) is 12.4 Å². The van der Waals surface area contributed by atoms with E-state index in [0.717, 1.165) is 24.9 Å². The summed E-state index contributed by atoms with van der Waals surface area (Å²) in [4.78, 5) is 8.43. The van der Waals surface area contributed by atoms with Gasteiger partial charge < -0.3 is 10.1 Å². The molecule has 1 N–H and O–H groups in total. The molecular weight excluding hydrogens is 304 g/mol. The van der Waals surface area contributed by atoms with Crippen LogP contribution in [-0.2, 0) is 14.8 Å². The van der Waals surface area contributed by atoms with Gasteiger partial charge >= 0.3 is 0 Å². The van der Waals surface area contributed by atoms with Crippen molar-refractivity contribution in [2.24, 2.45) is 5.92 Å². The van der Waals surface area contributed by atoms with Crippen LogP contribution in [0, 0.1) is 12.8 Å². The summed E-state index contributed by atoms with van der Waals surface area (Å²) in [5, 5.41) is 3.22. The molecule has 0 aliphatic carbocycles. The standard InChI is InChI=1S/C14H22N4O3S/c1-11-7-16-13(17-8-11)15-5-3-12-4-6-21-14(12)9-18(10-14)22(2,19)20/h7-8,12H,3-6,9-10H2,1-2H3,(H,15,16,17)/t12-/m1/s1. The molecule has 3 rings (SSSR count). The van der Waals surface area contributed by atoms with Gasteiger partial charge in [-0.3, -0.25) is 0 Å². The molecule has 2 fully saturated rings. The van der Waals surface area contributed by atoms with Gasteiger partial charge in [0.15, 0.2) is 0 Å². The topological polar surface area (TPSA) is 84.4 Å². The summed E-state index contributed by atoms with van der Waals surface area (Å²) < 4.78 is 30.4. The fraction of sp³-hybridized carbons (Fsp3) is 0.714. The van der Waals surface area contributed by atoms with E-state index in [0.29, 0.717) is 31.6 Å². The zero-order valence-corrected chi connectivity index (χ0v) is 13.8. The minimum Gasteiger partial charge on any atom is -0.372 e. The Kier molecular flexibility index (Phi) is 4.09. The zero-order chi connectivity index (χ0) is 15.8. The van der Waals surface area contributed by atoms with Gasteiger partial charge in [-0.05, 0) is 31.2 Å². The number of hydrogen-bond acceptors (Lipinski definition) is 6. The number of ether oxygens (including phenoxy) is 1. The van der Waals surface area contributed by atoms with Crippen molar-refractivity contribution < 1.29 is 13.2 Å². The molecule has 0 aromatic carbocycles. The first kappa shape index (κ1) is 15.6. The van der Waals surface area contributed by atoms with E-state index in [2.05, 4.69) is 15.3 Å². The second-order valence-corrected chi connectivity index (χ2v) is 8.21. The van der Waals surface area contributed by atoms with Crippen molar-refractivity contribution in [1.29, 1.82) is 0 Å². The molecule has 1 spiro atoms. The largest absolute Gasteiger partial charge is 0.372 e. The number of hydrogen-bond donors (Lipinski definition) is 1. The summed E-state index contributed by atoms with van der Waals surface area (Å²) in [6, 6.07) is 0. The molecule has 0 saturated carbocycles. The van der Waals surface area contributed by atoms with Crippen LogP contribution in [0.1, 0.15) is 18.4 Å². The van der Waals surface area contributed by atoms with Gasteiger partial charge in [0.1, 0.15) is 0 Å². The first-order valence-electron chi connectivity index (χ1n) is 7.51. The second-order valence-electron chi connectivity index (χ2n) is 6.23. The van der Waals surface area contributed by atoms with Gasteiger partial charge in [0, 0.05) is 38.6 Å². The van der Waals surface area contributed by atoms with Crippen LogP contribution in [-0.4, -0.2) is 60.8 Å². The summed E-state index contributed by atoms with van der Waals surface area (Å²) in [6.07, 6.45) is 6.72. The Labute approximate surface area is 131 Å². The SMILES string of the molecule is Cc1cnc(NCC[C@@H]2CCOC23CN(S(C)(=O)=O)C3)nc1. The molecule has 22 heavy (non-hydrogen) atoms. The normalized spacial score (nSPS) is 24.4. The highest BCUT2D eigenvalue weighted by Gasteiger charge is 2.55. The van der Waals surface area contributed by atoms with Crippen molar-refractivity contribution in [3.05, 3.63) is 18.0 Å². The van der Waals surface area contributed by atoms with Gasteiger partial charge in [-0.15, -0.1) is 0 Å². The molecule has 2 aliphatic heterocycles. The van der Waals surface area contributed by atoms with Crippen molar-refractivity contribution >= 4 is 16.0 Å². The minimum atomic E-state index is -3.10. The van der Waals surface area contributed by atoms with Crippen LogP contribution in [0.15, 0.2) is 12.4 Å². The van der Waals surface area contributed by atoms with Crippen molar-refractivity contribution in [2.75, 3.05) is 37.8 Å². The third-order valence-corrected chi connectivity index (χ3v) is 5.71. The van der Waals surface area contributed by atoms with Crippen molar-refractivity contribution in [3.63, 3.8) is 0 Å². The van der Waals surface area contributed by atoms with Gasteiger partial charge in [-0.2, -0.15) is 4.31 Å². The maximum atomic E-state index is 11.5. The van der Waals surface area contributed by atoms with Gasteiger partial charge in [0.25, 0.3) is 0 Å². The molecule has 2 saturated heterocycles. The van der Waals surface area contributed by atoms with E-state index < -0.39 is 10.0 Å². The molecule has 0 radical (unpaired) electrons. The zero-order valence-electron chi connectivity index (χ0n) is 12.9. The molecule has 122 valence electrons. The maximum Gasteiger partial charge on any atom is 0.222 e. The Morgan fingerprint density at radius 2 is 2.09 bits per heavy atom. The second kappa shape index (κ2) is 5.75. The van der Waals surface area contributed by atoms with Gasteiger partial charge in [0.2, 0.25) is 16.0 Å². The number of aryl methyl sites for hydroxylation is 1. The molecule has 8 heteroatoms. The summed E-state index contributed by atoms with van der Waals surface area (Å²) in [6.45, 7) is 4.39. The van der Waals surface area contributed by atoms with Gasteiger partial charge in [-0.25, -0.2) is 18.4 Å². The highest BCUT2D eigenvalue weighted by molar-refractivity contribution is 7.88. The van der Waals surface area contributed by atoms with Crippen molar-refractivity contribution in [2.45, 2.75) is 25.4 Å². The Morgan fingerprint density at radius 3 is 2.73 bits per heavy atom. The van der Waals surface area contributed by atoms with Gasteiger partial charge in [-0.1, -0.05) is 0 Å². The highest BCUT2D eigenvalue weighted by atomic mass is 32.2. The fourth-order valence-electron chi connectivity index (χ4n) is 3.17. The van der Waals surface area contributed by atoms with Gasteiger partial charge in [0.05, 0.1) is 11.9 Å². The lowest BCUT2D eigenvalue weighted by atomic mass is 9.80. The average molecular weight is 326 g/mol. The molecule has 0 amide bonds.